The Morgan fingerprint density at radius 1 is 0.929 bits per heavy atom. The molecule has 0 saturated heterocycles. The molecule has 2 nitrogen and oxygen atoms in total. The topological polar surface area (TPSA) is 18.5 Å². The lowest BCUT2D eigenvalue weighted by Crippen LogP contribution is -2.34. The molecule has 0 spiro atoms. The fraction of sp³-hybridized carbons (Fsp3) is 0.417. The van der Waals surface area contributed by atoms with Gasteiger partial charge in [-0.25, -0.2) is 0 Å². The van der Waals surface area contributed by atoms with Crippen molar-refractivity contribution in [1.82, 2.24) is 0 Å². The molecule has 3 rings (SSSR count). The Balaban J connectivity index is 1.50. The fourth-order valence-electron chi connectivity index (χ4n) is 3.60. The van der Waals surface area contributed by atoms with Crippen LogP contribution in [-0.4, -0.2) is 18.8 Å². The van der Waals surface area contributed by atoms with Crippen molar-refractivity contribution in [2.24, 2.45) is 5.92 Å². The monoisotopic (exact) mass is 386 g/mol. The van der Waals surface area contributed by atoms with Crippen molar-refractivity contribution in [3.8, 4) is 16.9 Å². The minimum absolute atomic E-state index is 0.111. The number of aryl methyl sites for hydroxylation is 1. The van der Waals surface area contributed by atoms with Gasteiger partial charge in [-0.05, 0) is 68.7 Å². The van der Waals surface area contributed by atoms with Crippen LogP contribution in [0.1, 0.15) is 38.2 Å². The number of allylic oxidation sites excluding steroid dienone is 2. The van der Waals surface area contributed by atoms with Crippen molar-refractivity contribution in [1.29, 1.82) is 0 Å². The van der Waals surface area contributed by atoms with E-state index in [4.69, 9.17) is 9.47 Å². The molecule has 0 aliphatic heterocycles. The number of halogens is 2. The van der Waals surface area contributed by atoms with E-state index in [0.717, 1.165) is 36.8 Å². The highest BCUT2D eigenvalue weighted by atomic mass is 19.3. The lowest BCUT2D eigenvalue weighted by molar-refractivity contribution is -0.222. The lowest BCUT2D eigenvalue weighted by Gasteiger charge is -2.28. The minimum atomic E-state index is -3.34. The third kappa shape index (κ3) is 5.90. The molecule has 0 N–H and O–H groups in total. The molecule has 0 radical (unpaired) electrons. The molecular formula is C24H28F2O2. The largest absolute Gasteiger partial charge is 0.431 e. The number of ether oxygens (including phenoxy) is 2. The van der Waals surface area contributed by atoms with Crippen LogP contribution >= 0.6 is 0 Å². The normalized spacial score (nSPS) is 20.4. The second kappa shape index (κ2) is 9.33. The summed E-state index contributed by atoms with van der Waals surface area (Å²) in [5.41, 5.74) is 3.18. The summed E-state index contributed by atoms with van der Waals surface area (Å²) >= 11 is 0. The molecule has 150 valence electrons. The van der Waals surface area contributed by atoms with Crippen molar-refractivity contribution >= 4 is 0 Å². The molecule has 0 bridgehead atoms. The van der Waals surface area contributed by atoms with E-state index < -0.39 is 12.7 Å². The first-order valence-corrected chi connectivity index (χ1v) is 9.93. The van der Waals surface area contributed by atoms with Crippen LogP contribution in [0.4, 0.5) is 8.78 Å². The number of rotatable bonds is 7. The Morgan fingerprint density at radius 3 is 2.07 bits per heavy atom. The quantitative estimate of drug-likeness (QED) is 0.488. The van der Waals surface area contributed by atoms with Gasteiger partial charge in [-0.15, -0.1) is 0 Å². The molecule has 0 unspecified atom stereocenters. The number of alkyl halides is 2. The van der Waals surface area contributed by atoms with Crippen LogP contribution in [0.2, 0.25) is 0 Å². The molecule has 1 aliphatic carbocycles. The van der Waals surface area contributed by atoms with Crippen LogP contribution in [0.25, 0.3) is 11.1 Å². The first-order chi connectivity index (χ1) is 13.4. The van der Waals surface area contributed by atoms with E-state index in [1.807, 2.05) is 38.1 Å². The maximum atomic E-state index is 14.2. The maximum absolute atomic E-state index is 14.2. The van der Waals surface area contributed by atoms with Gasteiger partial charge in [-0.3, -0.25) is 0 Å². The van der Waals surface area contributed by atoms with Gasteiger partial charge < -0.3 is 9.47 Å². The molecule has 1 saturated carbocycles. The molecule has 1 aliphatic rings. The summed E-state index contributed by atoms with van der Waals surface area (Å²) in [6.07, 6.45) is 4.40. The zero-order valence-corrected chi connectivity index (χ0v) is 16.5. The fourth-order valence-corrected chi connectivity index (χ4v) is 3.60. The van der Waals surface area contributed by atoms with Gasteiger partial charge in [0, 0.05) is 0 Å². The number of hydrogen-bond donors (Lipinski definition) is 0. The first kappa shape index (κ1) is 20.5. The van der Waals surface area contributed by atoms with Crippen molar-refractivity contribution in [2.75, 3.05) is 6.61 Å². The first-order valence-electron chi connectivity index (χ1n) is 9.93. The summed E-state index contributed by atoms with van der Waals surface area (Å²) in [6.45, 7) is 3.32. The SMILES string of the molecule is CC=CC1CCC(OCC(F)(F)Oc2ccc(-c3ccc(C)cc3)cc2)CC1. The van der Waals surface area contributed by atoms with E-state index in [2.05, 4.69) is 12.2 Å². The number of hydrogen-bond acceptors (Lipinski definition) is 2. The zero-order valence-electron chi connectivity index (χ0n) is 16.5. The third-order valence-electron chi connectivity index (χ3n) is 5.18. The summed E-state index contributed by atoms with van der Waals surface area (Å²) in [5.74, 6) is 0.690. The van der Waals surface area contributed by atoms with Crippen LogP contribution in [0.15, 0.2) is 60.7 Å². The second-order valence-electron chi connectivity index (χ2n) is 7.50. The molecule has 28 heavy (non-hydrogen) atoms. The Labute approximate surface area is 166 Å². The molecule has 0 aromatic heterocycles. The van der Waals surface area contributed by atoms with Gasteiger partial charge in [0.1, 0.15) is 5.75 Å². The van der Waals surface area contributed by atoms with Crippen LogP contribution in [0.5, 0.6) is 5.75 Å². The molecule has 2 aromatic carbocycles. The van der Waals surface area contributed by atoms with Crippen molar-refractivity contribution in [2.45, 2.75) is 51.7 Å². The van der Waals surface area contributed by atoms with Crippen molar-refractivity contribution in [3.05, 3.63) is 66.2 Å². The van der Waals surface area contributed by atoms with Crippen LogP contribution < -0.4 is 4.74 Å². The molecule has 0 atom stereocenters. The van der Waals surface area contributed by atoms with Crippen molar-refractivity contribution < 1.29 is 18.3 Å². The predicted molar refractivity (Wildman–Crippen MR) is 109 cm³/mol. The van der Waals surface area contributed by atoms with Gasteiger partial charge in [-0.2, -0.15) is 8.78 Å². The molecular weight excluding hydrogens is 358 g/mol. The van der Waals surface area contributed by atoms with E-state index in [9.17, 15) is 8.78 Å². The highest BCUT2D eigenvalue weighted by molar-refractivity contribution is 5.64. The zero-order chi connectivity index (χ0) is 20.0. The van der Waals surface area contributed by atoms with E-state index >= 15 is 0 Å². The molecule has 2 aromatic rings. The van der Waals surface area contributed by atoms with Gasteiger partial charge in [0.15, 0.2) is 6.61 Å². The molecule has 1 fully saturated rings. The maximum Gasteiger partial charge on any atom is 0.421 e. The Morgan fingerprint density at radius 2 is 1.50 bits per heavy atom. The third-order valence-corrected chi connectivity index (χ3v) is 5.18. The highest BCUT2D eigenvalue weighted by Gasteiger charge is 2.34. The van der Waals surface area contributed by atoms with Crippen molar-refractivity contribution in [3.63, 3.8) is 0 Å². The van der Waals surface area contributed by atoms with Gasteiger partial charge >= 0.3 is 6.11 Å². The molecule has 4 heteroatoms. The van der Waals surface area contributed by atoms with Crippen LogP contribution in [0.3, 0.4) is 0 Å². The van der Waals surface area contributed by atoms with Gasteiger partial charge in [0.05, 0.1) is 6.10 Å². The Hall–Kier alpha value is -2.20. The second-order valence-corrected chi connectivity index (χ2v) is 7.50. The summed E-state index contributed by atoms with van der Waals surface area (Å²) in [7, 11) is 0. The lowest BCUT2D eigenvalue weighted by atomic mass is 9.87. The van der Waals surface area contributed by atoms with Gasteiger partial charge in [0.25, 0.3) is 0 Å². The van der Waals surface area contributed by atoms with E-state index in [0.29, 0.717) is 5.92 Å². The summed E-state index contributed by atoms with van der Waals surface area (Å²) in [5, 5.41) is 0. The van der Waals surface area contributed by atoms with Gasteiger partial charge in [-0.1, -0.05) is 54.1 Å². The highest BCUT2D eigenvalue weighted by Crippen LogP contribution is 2.30. The van der Waals surface area contributed by atoms with E-state index in [1.165, 1.54) is 5.56 Å². The molecule has 0 amide bonds. The van der Waals surface area contributed by atoms with E-state index in [-0.39, 0.29) is 11.9 Å². The summed E-state index contributed by atoms with van der Waals surface area (Å²) < 4.78 is 38.7. The van der Waals surface area contributed by atoms with Gasteiger partial charge in [0.2, 0.25) is 0 Å². The smallest absolute Gasteiger partial charge is 0.421 e. The Bertz CT molecular complexity index is 758. The predicted octanol–water partition coefficient (Wildman–Crippen LogP) is 6.79. The summed E-state index contributed by atoms with van der Waals surface area (Å²) in [6, 6.07) is 14.8. The summed E-state index contributed by atoms with van der Waals surface area (Å²) in [4.78, 5) is 0. The minimum Gasteiger partial charge on any atom is -0.431 e. The number of benzene rings is 2. The average Bonchev–Trinajstić information content (AvgIpc) is 2.69. The van der Waals surface area contributed by atoms with Crippen LogP contribution in [-0.2, 0) is 4.74 Å². The van der Waals surface area contributed by atoms with E-state index in [1.54, 1.807) is 24.3 Å². The van der Waals surface area contributed by atoms with Crippen LogP contribution in [0, 0.1) is 12.8 Å². The molecule has 0 heterocycles. The average molecular weight is 386 g/mol. The Kier molecular flexibility index (Phi) is 6.84. The standard InChI is InChI=1S/C24H28F2O2/c1-3-4-19-7-13-22(14-8-19)27-17-24(25,26)28-23-15-11-21(12-16-23)20-9-5-18(2)6-10-20/h3-6,9-12,15-16,19,22H,7-8,13-14,17H2,1-2H3.